The van der Waals surface area contributed by atoms with Crippen molar-refractivity contribution in [3.8, 4) is 0 Å². The molecule has 0 saturated carbocycles. The Morgan fingerprint density at radius 1 is 1.17 bits per heavy atom. The molecule has 2 aliphatic rings. The molecule has 0 aliphatic carbocycles. The van der Waals surface area contributed by atoms with Crippen LogP contribution in [0, 0.1) is 0 Å². The molecule has 2 heterocycles. The van der Waals surface area contributed by atoms with Crippen molar-refractivity contribution in [3.63, 3.8) is 0 Å². The Bertz CT molecular complexity index is 114. The average Bonchev–Trinajstić information content (AvgIpc) is 2.21. The second kappa shape index (κ2) is 4.39. The van der Waals surface area contributed by atoms with Gasteiger partial charge in [-0.05, 0) is 43.9 Å². The number of hydrogen-bond acceptors (Lipinski definition) is 2. The molecule has 0 aromatic rings. The SMILES string of the molecule is C1CC[SiH](C2CCNCC2)OC1. The van der Waals surface area contributed by atoms with E-state index in [2.05, 4.69) is 5.32 Å². The summed E-state index contributed by atoms with van der Waals surface area (Å²) in [6, 6.07) is 1.45. The van der Waals surface area contributed by atoms with E-state index in [-0.39, 0.29) is 0 Å². The van der Waals surface area contributed by atoms with Crippen LogP contribution in [0.4, 0.5) is 0 Å². The quantitative estimate of drug-likeness (QED) is 0.621. The van der Waals surface area contributed by atoms with Gasteiger partial charge in [0.25, 0.3) is 0 Å². The molecule has 1 atom stereocenters. The van der Waals surface area contributed by atoms with Gasteiger partial charge in [-0.1, -0.05) is 6.42 Å². The first-order chi connectivity index (χ1) is 5.97. The lowest BCUT2D eigenvalue weighted by molar-refractivity contribution is 0.272. The molecule has 0 aromatic carbocycles. The zero-order chi connectivity index (χ0) is 8.23. The summed E-state index contributed by atoms with van der Waals surface area (Å²) >= 11 is 0. The van der Waals surface area contributed by atoms with Gasteiger partial charge in [0.05, 0.1) is 0 Å². The standard InChI is InChI=1S/C9H19NOSi/c1-2-8-12(11-7-1)9-3-5-10-6-4-9/h9-10,12H,1-8H2. The van der Waals surface area contributed by atoms with Gasteiger partial charge in [-0.25, -0.2) is 0 Å². The largest absolute Gasteiger partial charge is 0.420 e. The van der Waals surface area contributed by atoms with Crippen molar-refractivity contribution >= 4 is 9.04 Å². The number of hydrogen-bond donors (Lipinski definition) is 1. The minimum absolute atomic E-state index is 0.748. The molecule has 1 unspecified atom stereocenters. The average molecular weight is 185 g/mol. The third-order valence-corrected chi connectivity index (χ3v) is 6.48. The molecular weight excluding hydrogens is 166 g/mol. The summed E-state index contributed by atoms with van der Waals surface area (Å²) in [5.74, 6) is 0. The van der Waals surface area contributed by atoms with E-state index < -0.39 is 9.04 Å². The summed E-state index contributed by atoms with van der Waals surface area (Å²) in [7, 11) is -0.748. The zero-order valence-corrected chi connectivity index (χ0v) is 8.87. The van der Waals surface area contributed by atoms with Gasteiger partial charge in [-0.2, -0.15) is 0 Å². The van der Waals surface area contributed by atoms with Gasteiger partial charge in [0.2, 0.25) is 0 Å². The van der Waals surface area contributed by atoms with Gasteiger partial charge in [0.15, 0.2) is 9.04 Å². The van der Waals surface area contributed by atoms with Crippen molar-refractivity contribution in [2.24, 2.45) is 0 Å². The Labute approximate surface area is 76.4 Å². The molecule has 2 nitrogen and oxygen atoms in total. The van der Waals surface area contributed by atoms with Crippen LogP contribution in [0.2, 0.25) is 11.6 Å². The van der Waals surface area contributed by atoms with E-state index in [4.69, 9.17) is 4.43 Å². The van der Waals surface area contributed by atoms with Crippen LogP contribution in [0.3, 0.4) is 0 Å². The molecule has 3 heteroatoms. The van der Waals surface area contributed by atoms with Crippen LogP contribution < -0.4 is 5.32 Å². The minimum Gasteiger partial charge on any atom is -0.420 e. The minimum atomic E-state index is -0.748. The molecule has 1 N–H and O–H groups in total. The van der Waals surface area contributed by atoms with E-state index in [1.165, 1.54) is 44.8 Å². The van der Waals surface area contributed by atoms with Gasteiger partial charge in [-0.3, -0.25) is 0 Å². The van der Waals surface area contributed by atoms with E-state index in [9.17, 15) is 0 Å². The molecule has 2 fully saturated rings. The summed E-state index contributed by atoms with van der Waals surface area (Å²) in [4.78, 5) is 0. The lowest BCUT2D eigenvalue weighted by atomic mass is 10.2. The highest BCUT2D eigenvalue weighted by molar-refractivity contribution is 6.53. The Hall–Kier alpha value is 0.137. The predicted molar refractivity (Wildman–Crippen MR) is 53.0 cm³/mol. The third kappa shape index (κ3) is 2.09. The Morgan fingerprint density at radius 2 is 2.00 bits per heavy atom. The fourth-order valence-corrected chi connectivity index (χ4v) is 5.50. The fourth-order valence-electron chi connectivity index (χ4n) is 2.35. The van der Waals surface area contributed by atoms with Gasteiger partial charge in [0, 0.05) is 6.61 Å². The van der Waals surface area contributed by atoms with Crippen LogP contribution >= 0.6 is 0 Å². The smallest absolute Gasteiger partial charge is 0.180 e. The van der Waals surface area contributed by atoms with E-state index in [0.717, 1.165) is 12.1 Å². The Morgan fingerprint density at radius 3 is 2.67 bits per heavy atom. The van der Waals surface area contributed by atoms with E-state index in [1.807, 2.05) is 0 Å². The van der Waals surface area contributed by atoms with Crippen LogP contribution in [-0.2, 0) is 4.43 Å². The van der Waals surface area contributed by atoms with Crippen LogP contribution in [0.5, 0.6) is 0 Å². The van der Waals surface area contributed by atoms with Crippen molar-refractivity contribution < 1.29 is 4.43 Å². The Kier molecular flexibility index (Phi) is 3.19. The number of piperidine rings is 1. The molecule has 0 amide bonds. The molecule has 70 valence electrons. The highest BCUT2D eigenvalue weighted by Gasteiger charge is 2.27. The van der Waals surface area contributed by atoms with Crippen molar-refractivity contribution in [1.82, 2.24) is 5.32 Å². The van der Waals surface area contributed by atoms with Gasteiger partial charge < -0.3 is 9.74 Å². The molecule has 0 radical (unpaired) electrons. The van der Waals surface area contributed by atoms with Crippen molar-refractivity contribution in [2.75, 3.05) is 19.7 Å². The van der Waals surface area contributed by atoms with E-state index >= 15 is 0 Å². The first-order valence-corrected chi connectivity index (χ1v) is 7.24. The van der Waals surface area contributed by atoms with Crippen molar-refractivity contribution in [1.29, 1.82) is 0 Å². The summed E-state index contributed by atoms with van der Waals surface area (Å²) in [6.45, 7) is 3.54. The monoisotopic (exact) mass is 185 g/mol. The molecule has 0 spiro atoms. The molecule has 2 saturated heterocycles. The first-order valence-electron chi connectivity index (χ1n) is 5.29. The lowest BCUT2D eigenvalue weighted by Crippen LogP contribution is -2.36. The second-order valence-corrected chi connectivity index (χ2v) is 6.92. The van der Waals surface area contributed by atoms with Crippen LogP contribution in [0.1, 0.15) is 25.7 Å². The van der Waals surface area contributed by atoms with Gasteiger partial charge >= 0.3 is 0 Å². The molecular formula is C9H19NOSi. The molecule has 12 heavy (non-hydrogen) atoms. The molecule has 2 rings (SSSR count). The van der Waals surface area contributed by atoms with Crippen LogP contribution in [-0.4, -0.2) is 28.7 Å². The Balaban J connectivity index is 1.80. The normalized spacial score (nSPS) is 33.5. The zero-order valence-electron chi connectivity index (χ0n) is 7.72. The topological polar surface area (TPSA) is 21.3 Å². The maximum absolute atomic E-state index is 5.93. The predicted octanol–water partition coefficient (Wildman–Crippen LogP) is 1.27. The van der Waals surface area contributed by atoms with Gasteiger partial charge in [0.1, 0.15) is 0 Å². The van der Waals surface area contributed by atoms with E-state index in [1.54, 1.807) is 0 Å². The summed E-state index contributed by atoms with van der Waals surface area (Å²) < 4.78 is 5.93. The molecule has 2 aliphatic heterocycles. The summed E-state index contributed by atoms with van der Waals surface area (Å²) in [5, 5.41) is 3.42. The highest BCUT2D eigenvalue weighted by atomic mass is 28.3. The number of rotatable bonds is 1. The number of nitrogens with one attached hydrogen (secondary N) is 1. The van der Waals surface area contributed by atoms with Crippen molar-refractivity contribution in [3.05, 3.63) is 0 Å². The summed E-state index contributed by atoms with van der Waals surface area (Å²) in [6.07, 6.45) is 5.53. The summed E-state index contributed by atoms with van der Waals surface area (Å²) in [5.41, 5.74) is 0.992. The maximum atomic E-state index is 5.93. The van der Waals surface area contributed by atoms with Crippen LogP contribution in [0.25, 0.3) is 0 Å². The van der Waals surface area contributed by atoms with E-state index in [0.29, 0.717) is 0 Å². The fraction of sp³-hybridized carbons (Fsp3) is 1.00. The maximum Gasteiger partial charge on any atom is 0.180 e. The third-order valence-electron chi connectivity index (χ3n) is 3.12. The van der Waals surface area contributed by atoms with Crippen molar-refractivity contribution in [2.45, 2.75) is 37.3 Å². The lowest BCUT2D eigenvalue weighted by Gasteiger charge is -2.31. The van der Waals surface area contributed by atoms with Gasteiger partial charge in [-0.15, -0.1) is 0 Å². The molecule has 0 aromatic heterocycles. The molecule has 0 bridgehead atoms. The second-order valence-electron chi connectivity index (χ2n) is 3.99. The first kappa shape index (κ1) is 8.72. The van der Waals surface area contributed by atoms with Crippen LogP contribution in [0.15, 0.2) is 0 Å². The highest BCUT2D eigenvalue weighted by Crippen LogP contribution is 2.28.